The molecule has 182 valence electrons. The van der Waals surface area contributed by atoms with E-state index in [1.54, 1.807) is 12.5 Å². The molecule has 8 heteroatoms. The number of furan rings is 1. The molecule has 34 heavy (non-hydrogen) atoms. The number of carbonyl (C=O) groups is 3. The molecular weight excluding hydrogens is 440 g/mol. The van der Waals surface area contributed by atoms with E-state index in [4.69, 9.17) is 23.4 Å². The molecule has 8 nitrogen and oxygen atoms in total. The molecule has 0 bridgehead atoms. The lowest BCUT2D eigenvalue weighted by atomic mass is 9.37. The molecule has 1 aromatic heterocycles. The summed E-state index contributed by atoms with van der Waals surface area (Å²) in [5.74, 6) is -0.780. The van der Waals surface area contributed by atoms with Crippen LogP contribution < -0.4 is 0 Å². The van der Waals surface area contributed by atoms with Gasteiger partial charge in [-0.15, -0.1) is 0 Å². The zero-order valence-electron chi connectivity index (χ0n) is 19.9. The first-order valence-electron chi connectivity index (χ1n) is 12.3. The zero-order valence-corrected chi connectivity index (χ0v) is 19.9. The fourth-order valence-electron chi connectivity index (χ4n) is 9.34. The van der Waals surface area contributed by atoms with Gasteiger partial charge in [0.05, 0.1) is 36.1 Å². The van der Waals surface area contributed by atoms with Crippen molar-refractivity contribution in [2.45, 2.75) is 82.9 Å². The van der Waals surface area contributed by atoms with Gasteiger partial charge < -0.3 is 23.4 Å². The zero-order chi connectivity index (χ0) is 23.9. The molecule has 6 fully saturated rings. The van der Waals surface area contributed by atoms with E-state index in [2.05, 4.69) is 6.92 Å². The molecule has 9 atom stereocenters. The summed E-state index contributed by atoms with van der Waals surface area (Å²) in [6.45, 7) is 8.36. The molecule has 1 aromatic rings. The van der Waals surface area contributed by atoms with Crippen LogP contribution in [0.3, 0.4) is 0 Å². The van der Waals surface area contributed by atoms with Gasteiger partial charge in [-0.25, -0.2) is 4.79 Å². The average Bonchev–Trinajstić information content (AvgIpc) is 3.26. The van der Waals surface area contributed by atoms with Crippen molar-refractivity contribution in [2.24, 2.45) is 28.1 Å². The van der Waals surface area contributed by atoms with E-state index in [0.717, 1.165) is 12.0 Å². The predicted molar refractivity (Wildman–Crippen MR) is 114 cm³/mol. The van der Waals surface area contributed by atoms with Crippen LogP contribution in [0.25, 0.3) is 0 Å². The van der Waals surface area contributed by atoms with Crippen LogP contribution in [0.2, 0.25) is 0 Å². The third-order valence-corrected chi connectivity index (χ3v) is 10.7. The number of epoxide rings is 1. The maximum absolute atomic E-state index is 14.2. The molecular formula is C26H30O8. The summed E-state index contributed by atoms with van der Waals surface area (Å²) in [4.78, 5) is 39.7. The Labute approximate surface area is 197 Å². The summed E-state index contributed by atoms with van der Waals surface area (Å²) < 4.78 is 29.8. The monoisotopic (exact) mass is 470 g/mol. The molecule has 5 heterocycles. The Kier molecular flexibility index (Phi) is 3.70. The fourth-order valence-corrected chi connectivity index (χ4v) is 9.34. The predicted octanol–water partition coefficient (Wildman–Crippen LogP) is 3.14. The molecule has 2 aliphatic carbocycles. The molecule has 4 aliphatic heterocycles. The highest BCUT2D eigenvalue weighted by Gasteiger charge is 2.89. The molecule has 0 amide bonds. The van der Waals surface area contributed by atoms with E-state index in [9.17, 15) is 14.4 Å². The molecule has 0 radical (unpaired) electrons. The summed E-state index contributed by atoms with van der Waals surface area (Å²) in [6.07, 6.45) is 3.46. The van der Waals surface area contributed by atoms with Crippen LogP contribution in [0.4, 0.5) is 0 Å². The standard InChI is InChI=1S/C26H30O8/c1-22(2)15-9-16(27)24(4)14(25(15)12-31-18(28)10-17(25)33-22)5-7-23(3)19(13-6-8-30-11-13)32-21(29)20-26(23,24)34-20/h6,8,11,14-15,17,19-20H,5,7,9-10,12H2,1-4H3/t14?,15?,17?,19?,20?,23-,24-,25+,26+/m0/s1. The normalized spacial score (nSPS) is 52.4. The maximum Gasteiger partial charge on any atom is 0.339 e. The third kappa shape index (κ3) is 2.02. The quantitative estimate of drug-likeness (QED) is 0.455. The van der Waals surface area contributed by atoms with Crippen LogP contribution in [0.5, 0.6) is 0 Å². The van der Waals surface area contributed by atoms with Gasteiger partial charge in [0.1, 0.15) is 24.1 Å². The number of fused-ring (bicyclic) bond motifs is 1. The number of esters is 2. The van der Waals surface area contributed by atoms with E-state index in [1.165, 1.54) is 0 Å². The van der Waals surface area contributed by atoms with Crippen molar-refractivity contribution in [3.8, 4) is 0 Å². The molecule has 7 rings (SSSR count). The van der Waals surface area contributed by atoms with Gasteiger partial charge in [0.2, 0.25) is 0 Å². The summed E-state index contributed by atoms with van der Waals surface area (Å²) in [6, 6.07) is 1.81. The van der Waals surface area contributed by atoms with Crippen molar-refractivity contribution in [3.63, 3.8) is 0 Å². The number of ether oxygens (including phenoxy) is 4. The van der Waals surface area contributed by atoms with Crippen molar-refractivity contribution in [2.75, 3.05) is 6.61 Å². The van der Waals surface area contributed by atoms with Gasteiger partial charge in [-0.1, -0.05) is 6.92 Å². The highest BCUT2D eigenvalue weighted by atomic mass is 16.7. The van der Waals surface area contributed by atoms with Crippen molar-refractivity contribution < 1.29 is 37.7 Å². The first-order chi connectivity index (χ1) is 16.0. The van der Waals surface area contributed by atoms with Gasteiger partial charge in [-0.2, -0.15) is 0 Å². The summed E-state index contributed by atoms with van der Waals surface area (Å²) in [7, 11) is 0. The van der Waals surface area contributed by atoms with Crippen LogP contribution in [-0.2, 0) is 33.3 Å². The summed E-state index contributed by atoms with van der Waals surface area (Å²) in [5, 5.41) is 0. The van der Waals surface area contributed by atoms with E-state index in [0.29, 0.717) is 12.8 Å². The van der Waals surface area contributed by atoms with Crippen LogP contribution in [0, 0.1) is 28.1 Å². The van der Waals surface area contributed by atoms with Crippen molar-refractivity contribution in [1.82, 2.24) is 0 Å². The summed E-state index contributed by atoms with van der Waals surface area (Å²) in [5.41, 5.74) is -2.78. The van der Waals surface area contributed by atoms with E-state index in [1.807, 2.05) is 26.8 Å². The van der Waals surface area contributed by atoms with E-state index in [-0.39, 0.29) is 42.7 Å². The van der Waals surface area contributed by atoms with Crippen molar-refractivity contribution >= 4 is 17.7 Å². The smallest absolute Gasteiger partial charge is 0.339 e. The minimum atomic E-state index is -0.976. The summed E-state index contributed by atoms with van der Waals surface area (Å²) >= 11 is 0. The lowest BCUT2D eigenvalue weighted by Crippen LogP contribution is -2.72. The van der Waals surface area contributed by atoms with Gasteiger partial charge in [0.15, 0.2) is 6.10 Å². The number of ketones is 1. The molecule has 0 aromatic carbocycles. The molecule has 6 aliphatic rings. The molecule has 0 N–H and O–H groups in total. The van der Waals surface area contributed by atoms with Gasteiger partial charge in [-0.05, 0) is 45.6 Å². The van der Waals surface area contributed by atoms with Crippen molar-refractivity contribution in [3.05, 3.63) is 24.2 Å². The van der Waals surface area contributed by atoms with E-state index >= 15 is 0 Å². The Hall–Kier alpha value is -2.19. The third-order valence-electron chi connectivity index (χ3n) is 10.7. The molecule has 2 saturated carbocycles. The minimum absolute atomic E-state index is 0.0677. The highest BCUT2D eigenvalue weighted by molar-refractivity contribution is 5.93. The average molecular weight is 471 g/mol. The number of hydrogen-bond acceptors (Lipinski definition) is 8. The second-order valence-electron chi connectivity index (χ2n) is 12.2. The minimum Gasteiger partial charge on any atom is -0.472 e. The Morgan fingerprint density at radius 2 is 1.76 bits per heavy atom. The number of Topliss-reactive ketones (excluding diaryl/α,β-unsaturated/α-hetero) is 1. The lowest BCUT2D eigenvalue weighted by molar-refractivity contribution is -0.225. The van der Waals surface area contributed by atoms with Gasteiger partial charge in [-0.3, -0.25) is 9.59 Å². The highest BCUT2D eigenvalue weighted by Crippen LogP contribution is 2.79. The van der Waals surface area contributed by atoms with Crippen LogP contribution in [0.1, 0.15) is 65.0 Å². The Morgan fingerprint density at radius 1 is 0.971 bits per heavy atom. The number of rotatable bonds is 1. The largest absolute Gasteiger partial charge is 0.472 e. The van der Waals surface area contributed by atoms with Crippen LogP contribution >= 0.6 is 0 Å². The molecule has 2 spiro atoms. The van der Waals surface area contributed by atoms with Gasteiger partial charge in [0, 0.05) is 28.7 Å². The Balaban J connectivity index is 1.41. The van der Waals surface area contributed by atoms with Crippen LogP contribution in [0.15, 0.2) is 23.0 Å². The number of hydrogen-bond donors (Lipinski definition) is 0. The SMILES string of the molecule is CC1(C)OC2CC(=O)OC[C@@]23C1CC(=O)[C@]1(C)C3CC[C@@]2(C)C(c3ccoc3)OC(=O)C3O[C@]321. The first kappa shape index (κ1) is 21.1. The lowest BCUT2D eigenvalue weighted by Gasteiger charge is -2.65. The number of carbonyl (C=O) groups excluding carboxylic acids is 3. The van der Waals surface area contributed by atoms with E-state index < -0.39 is 45.6 Å². The van der Waals surface area contributed by atoms with Crippen molar-refractivity contribution in [1.29, 1.82) is 0 Å². The Bertz CT molecular complexity index is 1120. The second-order valence-corrected chi connectivity index (χ2v) is 12.2. The first-order valence-corrected chi connectivity index (χ1v) is 12.3. The second kappa shape index (κ2) is 5.95. The fraction of sp³-hybridized carbons (Fsp3) is 0.731. The maximum atomic E-state index is 14.2. The molecule has 5 unspecified atom stereocenters. The molecule has 4 saturated heterocycles. The van der Waals surface area contributed by atoms with Gasteiger partial charge >= 0.3 is 11.9 Å². The van der Waals surface area contributed by atoms with Crippen LogP contribution in [-0.4, -0.2) is 47.7 Å². The topological polar surface area (TPSA) is 105 Å². The Morgan fingerprint density at radius 3 is 2.50 bits per heavy atom. The van der Waals surface area contributed by atoms with Gasteiger partial charge in [0.25, 0.3) is 0 Å². The number of cyclic esters (lactones) is 2.